The number of anilines is 1. The SMILES string of the molecule is COC(=O)C1COCCN1C(=O)Nc1cccc(Cl)c1. The van der Waals surface area contributed by atoms with Gasteiger partial charge in [-0.05, 0) is 18.2 Å². The average molecular weight is 299 g/mol. The Bertz CT molecular complexity index is 509. The van der Waals surface area contributed by atoms with Gasteiger partial charge in [-0.25, -0.2) is 9.59 Å². The molecular formula is C13H15ClN2O4. The summed E-state index contributed by atoms with van der Waals surface area (Å²) in [5, 5.41) is 3.22. The molecule has 0 aromatic heterocycles. The van der Waals surface area contributed by atoms with Crippen LogP contribution < -0.4 is 5.32 Å². The molecule has 0 saturated carbocycles. The van der Waals surface area contributed by atoms with Gasteiger partial charge in [0.05, 0.1) is 20.3 Å². The smallest absolute Gasteiger partial charge is 0.331 e. The fraction of sp³-hybridized carbons (Fsp3) is 0.385. The third kappa shape index (κ3) is 3.40. The number of nitrogens with zero attached hydrogens (tertiary/aromatic N) is 1. The fourth-order valence-electron chi connectivity index (χ4n) is 1.94. The van der Waals surface area contributed by atoms with E-state index >= 15 is 0 Å². The van der Waals surface area contributed by atoms with Crippen molar-refractivity contribution in [1.82, 2.24) is 4.90 Å². The minimum atomic E-state index is -0.729. The molecule has 2 rings (SSSR count). The van der Waals surface area contributed by atoms with Crippen LogP contribution in [0.25, 0.3) is 0 Å². The lowest BCUT2D eigenvalue weighted by molar-refractivity contribution is -0.150. The molecular weight excluding hydrogens is 284 g/mol. The zero-order chi connectivity index (χ0) is 14.5. The molecule has 1 atom stereocenters. The Hall–Kier alpha value is -1.79. The van der Waals surface area contributed by atoms with Crippen LogP contribution in [0.1, 0.15) is 0 Å². The van der Waals surface area contributed by atoms with E-state index in [1.54, 1.807) is 24.3 Å². The van der Waals surface area contributed by atoms with Crippen LogP contribution >= 0.6 is 11.6 Å². The highest BCUT2D eigenvalue weighted by Gasteiger charge is 2.33. The molecule has 0 spiro atoms. The molecule has 1 N–H and O–H groups in total. The van der Waals surface area contributed by atoms with Gasteiger partial charge in [0.25, 0.3) is 0 Å². The van der Waals surface area contributed by atoms with Gasteiger partial charge in [0.1, 0.15) is 0 Å². The largest absolute Gasteiger partial charge is 0.467 e. The number of esters is 1. The maximum atomic E-state index is 12.2. The second-order valence-electron chi connectivity index (χ2n) is 4.25. The Morgan fingerprint density at radius 3 is 3.00 bits per heavy atom. The minimum absolute atomic E-state index is 0.135. The second kappa shape index (κ2) is 6.58. The highest BCUT2D eigenvalue weighted by molar-refractivity contribution is 6.30. The highest BCUT2D eigenvalue weighted by atomic mass is 35.5. The monoisotopic (exact) mass is 298 g/mol. The zero-order valence-electron chi connectivity index (χ0n) is 11.0. The summed E-state index contributed by atoms with van der Waals surface area (Å²) in [6.45, 7) is 0.846. The number of hydrogen-bond acceptors (Lipinski definition) is 4. The summed E-state index contributed by atoms with van der Waals surface area (Å²) in [4.78, 5) is 25.3. The number of ether oxygens (including phenoxy) is 2. The third-order valence-electron chi connectivity index (χ3n) is 2.94. The molecule has 1 unspecified atom stereocenters. The Balaban J connectivity index is 2.08. The first-order chi connectivity index (χ1) is 9.61. The van der Waals surface area contributed by atoms with Gasteiger partial charge < -0.3 is 19.7 Å². The van der Waals surface area contributed by atoms with E-state index in [0.717, 1.165) is 0 Å². The number of amides is 2. The minimum Gasteiger partial charge on any atom is -0.467 e. The van der Waals surface area contributed by atoms with Crippen LogP contribution in [0.15, 0.2) is 24.3 Å². The van der Waals surface area contributed by atoms with E-state index in [2.05, 4.69) is 10.1 Å². The highest BCUT2D eigenvalue weighted by Crippen LogP contribution is 2.17. The standard InChI is InChI=1S/C13H15ClN2O4/c1-19-12(17)11-8-20-6-5-16(11)13(18)15-10-4-2-3-9(14)7-10/h2-4,7,11H,5-6,8H2,1H3,(H,15,18). The van der Waals surface area contributed by atoms with Crippen molar-refractivity contribution in [1.29, 1.82) is 0 Å². The van der Waals surface area contributed by atoms with Gasteiger partial charge in [0.2, 0.25) is 0 Å². The Morgan fingerprint density at radius 2 is 2.30 bits per heavy atom. The van der Waals surface area contributed by atoms with Crippen LogP contribution in [-0.4, -0.2) is 49.8 Å². The van der Waals surface area contributed by atoms with E-state index in [4.69, 9.17) is 16.3 Å². The van der Waals surface area contributed by atoms with Crippen LogP contribution in [0.2, 0.25) is 5.02 Å². The van der Waals surface area contributed by atoms with Crippen molar-refractivity contribution in [3.05, 3.63) is 29.3 Å². The van der Waals surface area contributed by atoms with Gasteiger partial charge >= 0.3 is 12.0 Å². The van der Waals surface area contributed by atoms with Gasteiger partial charge in [-0.3, -0.25) is 0 Å². The summed E-state index contributed by atoms with van der Waals surface area (Å²) in [6.07, 6.45) is 0. The van der Waals surface area contributed by atoms with Crippen LogP contribution in [0.4, 0.5) is 10.5 Å². The molecule has 0 aliphatic carbocycles. The molecule has 108 valence electrons. The molecule has 2 amide bonds. The topological polar surface area (TPSA) is 67.9 Å². The summed E-state index contributed by atoms with van der Waals surface area (Å²) in [5.74, 6) is -0.494. The Kier molecular flexibility index (Phi) is 4.81. The molecule has 6 nitrogen and oxygen atoms in total. The van der Waals surface area contributed by atoms with Gasteiger partial charge in [-0.1, -0.05) is 17.7 Å². The number of morpholine rings is 1. The first-order valence-corrected chi connectivity index (χ1v) is 6.48. The lowest BCUT2D eigenvalue weighted by Gasteiger charge is -2.33. The molecule has 1 aromatic carbocycles. The molecule has 0 radical (unpaired) electrons. The molecule has 1 saturated heterocycles. The number of halogens is 1. The van der Waals surface area contributed by atoms with Crippen molar-refractivity contribution in [2.24, 2.45) is 0 Å². The maximum absolute atomic E-state index is 12.2. The van der Waals surface area contributed by atoms with E-state index in [1.807, 2.05) is 0 Å². The van der Waals surface area contributed by atoms with Gasteiger partial charge in [0.15, 0.2) is 6.04 Å². The predicted molar refractivity (Wildman–Crippen MR) is 73.8 cm³/mol. The number of methoxy groups -OCH3 is 1. The number of rotatable bonds is 2. The quantitative estimate of drug-likeness (QED) is 0.845. The molecule has 1 aromatic rings. The fourth-order valence-corrected chi connectivity index (χ4v) is 2.13. The maximum Gasteiger partial charge on any atom is 0.331 e. The van der Waals surface area contributed by atoms with Crippen LogP contribution in [0.5, 0.6) is 0 Å². The van der Waals surface area contributed by atoms with E-state index in [-0.39, 0.29) is 12.6 Å². The van der Waals surface area contributed by atoms with E-state index in [0.29, 0.717) is 23.9 Å². The molecule has 0 bridgehead atoms. The van der Waals surface area contributed by atoms with Gasteiger partial charge in [-0.2, -0.15) is 0 Å². The van der Waals surface area contributed by atoms with E-state index in [9.17, 15) is 9.59 Å². The number of urea groups is 1. The summed E-state index contributed by atoms with van der Waals surface area (Å²) >= 11 is 5.86. The molecule has 1 aliphatic rings. The van der Waals surface area contributed by atoms with Crippen LogP contribution in [0.3, 0.4) is 0 Å². The van der Waals surface area contributed by atoms with Crippen molar-refractivity contribution in [3.8, 4) is 0 Å². The summed E-state index contributed by atoms with van der Waals surface area (Å²) in [5.41, 5.74) is 0.567. The second-order valence-corrected chi connectivity index (χ2v) is 4.68. The van der Waals surface area contributed by atoms with Crippen molar-refractivity contribution < 1.29 is 19.1 Å². The summed E-state index contributed by atoms with van der Waals surface area (Å²) < 4.78 is 9.89. The molecule has 1 aliphatic heterocycles. The van der Waals surface area contributed by atoms with E-state index < -0.39 is 12.0 Å². The van der Waals surface area contributed by atoms with Gasteiger partial charge in [0, 0.05) is 17.3 Å². The van der Waals surface area contributed by atoms with Crippen molar-refractivity contribution in [3.63, 3.8) is 0 Å². The van der Waals surface area contributed by atoms with Gasteiger partial charge in [-0.15, -0.1) is 0 Å². The lowest BCUT2D eigenvalue weighted by Crippen LogP contribution is -2.54. The molecule has 1 heterocycles. The number of nitrogens with one attached hydrogen (secondary N) is 1. The number of hydrogen-bond donors (Lipinski definition) is 1. The Morgan fingerprint density at radius 1 is 1.50 bits per heavy atom. The van der Waals surface area contributed by atoms with Crippen LogP contribution in [-0.2, 0) is 14.3 Å². The lowest BCUT2D eigenvalue weighted by atomic mass is 10.2. The third-order valence-corrected chi connectivity index (χ3v) is 3.17. The normalized spacial score (nSPS) is 18.5. The zero-order valence-corrected chi connectivity index (χ0v) is 11.7. The molecule has 7 heteroatoms. The first-order valence-electron chi connectivity index (χ1n) is 6.10. The van der Waals surface area contributed by atoms with Crippen molar-refractivity contribution >= 4 is 29.3 Å². The predicted octanol–water partition coefficient (Wildman–Crippen LogP) is 1.75. The van der Waals surface area contributed by atoms with Crippen molar-refractivity contribution in [2.75, 3.05) is 32.2 Å². The summed E-state index contributed by atoms with van der Waals surface area (Å²) in [6, 6.07) is 5.68. The van der Waals surface area contributed by atoms with Crippen molar-refractivity contribution in [2.45, 2.75) is 6.04 Å². The Labute approximate surface area is 121 Å². The number of benzene rings is 1. The molecule has 1 fully saturated rings. The number of carbonyl (C=O) groups is 2. The number of carbonyl (C=O) groups excluding carboxylic acids is 2. The first kappa shape index (κ1) is 14.6. The average Bonchev–Trinajstić information content (AvgIpc) is 2.46. The molecule has 20 heavy (non-hydrogen) atoms. The van der Waals surface area contributed by atoms with E-state index in [1.165, 1.54) is 12.0 Å². The van der Waals surface area contributed by atoms with Crippen LogP contribution in [0, 0.1) is 0 Å². The summed E-state index contributed by atoms with van der Waals surface area (Å²) in [7, 11) is 1.28.